The molecule has 3 amide bonds. The Balaban J connectivity index is 1.49. The minimum absolute atomic E-state index is 0.0578. The molecule has 1 aromatic heterocycles. The Labute approximate surface area is 191 Å². The fourth-order valence-electron chi connectivity index (χ4n) is 3.24. The molecule has 1 atom stereocenters. The van der Waals surface area contributed by atoms with Gasteiger partial charge >= 0.3 is 5.97 Å². The Morgan fingerprint density at radius 2 is 1.94 bits per heavy atom. The van der Waals surface area contributed by atoms with E-state index < -0.39 is 29.4 Å². The minimum atomic E-state index is -1.20. The van der Waals surface area contributed by atoms with Crippen molar-refractivity contribution in [3.63, 3.8) is 0 Å². The van der Waals surface area contributed by atoms with Crippen LogP contribution in [0.15, 0.2) is 41.2 Å². The van der Waals surface area contributed by atoms with Gasteiger partial charge in [-0.05, 0) is 42.8 Å². The first kappa shape index (κ1) is 22.5. The van der Waals surface area contributed by atoms with Crippen molar-refractivity contribution in [1.29, 1.82) is 0 Å². The second-order valence-electron chi connectivity index (χ2n) is 7.53. The number of carbonyl (C=O) groups excluding carboxylic acids is 3. The molecule has 12 nitrogen and oxygen atoms in total. The summed E-state index contributed by atoms with van der Waals surface area (Å²) >= 11 is 0. The number of anilines is 1. The summed E-state index contributed by atoms with van der Waals surface area (Å²) < 4.78 is 5.29. The van der Waals surface area contributed by atoms with E-state index in [9.17, 15) is 24.0 Å². The molecule has 2 heterocycles. The molecule has 1 aliphatic rings. The van der Waals surface area contributed by atoms with Crippen LogP contribution < -0.4 is 26.2 Å². The lowest BCUT2D eigenvalue weighted by molar-refractivity contribution is -0.138. The molecule has 3 aromatic rings. The number of hydrogen-bond acceptors (Lipinski definition) is 7. The first-order chi connectivity index (χ1) is 16.2. The molecule has 0 unspecified atom stereocenters. The van der Waals surface area contributed by atoms with Gasteiger partial charge in [0.2, 0.25) is 0 Å². The number of ether oxygens (including phenoxy) is 1. The number of nitrogens with zero attached hydrogens (tertiary/aromatic N) is 1. The lowest BCUT2D eigenvalue weighted by Crippen LogP contribution is -2.38. The predicted octanol–water partition coefficient (Wildman–Crippen LogP) is 0.387. The second-order valence-corrected chi connectivity index (χ2v) is 7.53. The van der Waals surface area contributed by atoms with Crippen molar-refractivity contribution >= 4 is 40.3 Å². The number of H-pyrrole nitrogens is 1. The Morgan fingerprint density at radius 1 is 1.15 bits per heavy atom. The standard InChI is InChI=1S/C22H19N5O7/c1-10(22(32)33)24-19(29)12-3-4-14-13(7-12)20(30)27-18(26-14)21(31)23-8-11-2-5-16-15(6-11)25-17(28)9-34-16/h2-7,10H,8-9H2,1H3,(H,23,31)(H,24,29)(H,25,28)(H,32,33)(H,26,27,30)/t10-/m1/s1. The number of carboxylic acid groups (broad SMARTS) is 1. The van der Waals surface area contributed by atoms with Crippen molar-refractivity contribution in [3.05, 3.63) is 63.7 Å². The summed E-state index contributed by atoms with van der Waals surface area (Å²) in [6, 6.07) is 8.02. The van der Waals surface area contributed by atoms with E-state index in [-0.39, 0.29) is 41.3 Å². The predicted molar refractivity (Wildman–Crippen MR) is 119 cm³/mol. The highest BCUT2D eigenvalue weighted by Gasteiger charge is 2.18. The van der Waals surface area contributed by atoms with Gasteiger partial charge in [-0.3, -0.25) is 24.0 Å². The fourth-order valence-corrected chi connectivity index (χ4v) is 3.24. The summed E-state index contributed by atoms with van der Waals surface area (Å²) in [7, 11) is 0. The summed E-state index contributed by atoms with van der Waals surface area (Å²) in [6.07, 6.45) is 0. The number of rotatable bonds is 6. The molecule has 0 bridgehead atoms. The van der Waals surface area contributed by atoms with E-state index in [0.717, 1.165) is 0 Å². The molecule has 0 saturated heterocycles. The number of amides is 3. The fraction of sp³-hybridized carbons (Fsp3) is 0.182. The first-order valence-corrected chi connectivity index (χ1v) is 10.1. The number of fused-ring (bicyclic) bond motifs is 2. The summed E-state index contributed by atoms with van der Waals surface area (Å²) in [6.45, 7) is 1.36. The van der Waals surface area contributed by atoms with Gasteiger partial charge in [0.1, 0.15) is 11.8 Å². The number of aromatic nitrogens is 2. The average Bonchev–Trinajstić information content (AvgIpc) is 2.81. The third-order valence-corrected chi connectivity index (χ3v) is 5.03. The molecule has 4 rings (SSSR count). The first-order valence-electron chi connectivity index (χ1n) is 10.1. The van der Waals surface area contributed by atoms with Gasteiger partial charge in [-0.15, -0.1) is 0 Å². The summed E-state index contributed by atoms with van der Waals surface area (Å²) in [4.78, 5) is 66.2. The molecular formula is C22H19N5O7. The monoisotopic (exact) mass is 465 g/mol. The number of aliphatic carboxylic acids is 1. The zero-order valence-electron chi connectivity index (χ0n) is 17.8. The molecule has 174 valence electrons. The molecule has 0 aliphatic carbocycles. The van der Waals surface area contributed by atoms with E-state index in [0.29, 0.717) is 17.0 Å². The number of carboxylic acids is 1. The van der Waals surface area contributed by atoms with Gasteiger partial charge in [0, 0.05) is 12.1 Å². The van der Waals surface area contributed by atoms with Crippen LogP contribution in [0.2, 0.25) is 0 Å². The normalized spacial score (nSPS) is 13.3. The number of carbonyl (C=O) groups is 4. The number of hydrogen-bond donors (Lipinski definition) is 5. The van der Waals surface area contributed by atoms with Gasteiger partial charge in [-0.1, -0.05) is 6.07 Å². The van der Waals surface area contributed by atoms with E-state index in [1.165, 1.54) is 25.1 Å². The summed E-state index contributed by atoms with van der Waals surface area (Å²) in [5.74, 6) is -2.45. The van der Waals surface area contributed by atoms with Crippen LogP contribution >= 0.6 is 0 Å². The van der Waals surface area contributed by atoms with Crippen LogP contribution in [-0.2, 0) is 16.1 Å². The second kappa shape index (κ2) is 9.02. The summed E-state index contributed by atoms with van der Waals surface area (Å²) in [5.41, 5.74) is 0.814. The average molecular weight is 465 g/mol. The molecule has 34 heavy (non-hydrogen) atoms. The zero-order valence-corrected chi connectivity index (χ0v) is 17.8. The van der Waals surface area contributed by atoms with Crippen LogP contribution in [-0.4, -0.2) is 51.4 Å². The number of benzene rings is 2. The van der Waals surface area contributed by atoms with Gasteiger partial charge in [-0.25, -0.2) is 4.98 Å². The topological polar surface area (TPSA) is 180 Å². The highest BCUT2D eigenvalue weighted by molar-refractivity contribution is 6.00. The molecule has 0 fully saturated rings. The molecule has 0 radical (unpaired) electrons. The maximum atomic E-state index is 12.6. The van der Waals surface area contributed by atoms with Crippen molar-refractivity contribution < 1.29 is 29.0 Å². The van der Waals surface area contributed by atoms with E-state index in [2.05, 4.69) is 25.9 Å². The van der Waals surface area contributed by atoms with E-state index in [1.54, 1.807) is 18.2 Å². The SMILES string of the molecule is C[C@@H](NC(=O)c1ccc2nc(C(=O)NCc3ccc4c(c3)NC(=O)CO4)[nH]c(=O)c2c1)C(=O)O. The number of aromatic amines is 1. The Morgan fingerprint density at radius 3 is 2.71 bits per heavy atom. The molecule has 12 heteroatoms. The van der Waals surface area contributed by atoms with Crippen LogP contribution in [0.3, 0.4) is 0 Å². The van der Waals surface area contributed by atoms with E-state index in [4.69, 9.17) is 9.84 Å². The van der Waals surface area contributed by atoms with Crippen LogP contribution in [0.5, 0.6) is 5.75 Å². The largest absolute Gasteiger partial charge is 0.482 e. The quantitative estimate of drug-likeness (QED) is 0.347. The molecule has 5 N–H and O–H groups in total. The van der Waals surface area contributed by atoms with Crippen molar-refractivity contribution in [2.45, 2.75) is 19.5 Å². The molecule has 0 spiro atoms. The van der Waals surface area contributed by atoms with Crippen molar-refractivity contribution in [1.82, 2.24) is 20.6 Å². The van der Waals surface area contributed by atoms with Gasteiger partial charge < -0.3 is 30.8 Å². The van der Waals surface area contributed by atoms with Crippen molar-refractivity contribution in [3.8, 4) is 5.75 Å². The van der Waals surface area contributed by atoms with Crippen molar-refractivity contribution in [2.75, 3.05) is 11.9 Å². The highest BCUT2D eigenvalue weighted by Crippen LogP contribution is 2.28. The van der Waals surface area contributed by atoms with E-state index in [1.807, 2.05) is 0 Å². The van der Waals surface area contributed by atoms with Gasteiger partial charge in [-0.2, -0.15) is 0 Å². The Kier molecular flexibility index (Phi) is 5.95. The van der Waals surface area contributed by atoms with Gasteiger partial charge in [0.25, 0.3) is 23.3 Å². The third-order valence-electron chi connectivity index (χ3n) is 5.03. The van der Waals surface area contributed by atoms with Crippen LogP contribution in [0, 0.1) is 0 Å². The van der Waals surface area contributed by atoms with E-state index >= 15 is 0 Å². The Hall–Kier alpha value is -4.74. The molecule has 2 aromatic carbocycles. The lowest BCUT2D eigenvalue weighted by atomic mass is 10.1. The maximum absolute atomic E-state index is 12.6. The Bertz CT molecular complexity index is 1400. The lowest BCUT2D eigenvalue weighted by Gasteiger charge is -2.18. The third kappa shape index (κ3) is 4.70. The van der Waals surface area contributed by atoms with Gasteiger partial charge in [0.05, 0.1) is 16.6 Å². The number of nitrogens with one attached hydrogen (secondary N) is 4. The molecule has 0 saturated carbocycles. The molecule has 1 aliphatic heterocycles. The van der Waals surface area contributed by atoms with Crippen LogP contribution in [0.1, 0.15) is 33.5 Å². The zero-order chi connectivity index (χ0) is 24.4. The minimum Gasteiger partial charge on any atom is -0.482 e. The van der Waals surface area contributed by atoms with Crippen molar-refractivity contribution in [2.24, 2.45) is 0 Å². The molecular weight excluding hydrogens is 446 g/mol. The smallest absolute Gasteiger partial charge is 0.325 e. The van der Waals surface area contributed by atoms with Gasteiger partial charge in [0.15, 0.2) is 12.4 Å². The highest BCUT2D eigenvalue weighted by atomic mass is 16.5. The van der Waals surface area contributed by atoms with Crippen LogP contribution in [0.4, 0.5) is 5.69 Å². The van der Waals surface area contributed by atoms with Crippen LogP contribution in [0.25, 0.3) is 10.9 Å². The summed E-state index contributed by atoms with van der Waals surface area (Å²) in [5, 5.41) is 16.6. The maximum Gasteiger partial charge on any atom is 0.325 e.